The zero-order chi connectivity index (χ0) is 39.0. The maximum atomic E-state index is 15.3. The van der Waals surface area contributed by atoms with Crippen molar-refractivity contribution in [3.63, 3.8) is 0 Å². The lowest BCUT2D eigenvalue weighted by Crippen LogP contribution is -2.48. The molecule has 3 aliphatic carbocycles. The van der Waals surface area contributed by atoms with Crippen molar-refractivity contribution in [3.8, 4) is 11.5 Å². The smallest absolute Gasteiger partial charge is 0.496 e. The SMILES string of the molecule is COc1cc(F)c(O[C@H]2CC[C@@H](S(=O)(=O)NCc3ccc(C)cc3)CC2)cc1C(=O)N[C@@H]1[C@@H]2CC[C@@H](C2)[C@@H]1C(=O)Nc1cccc(S(=O)(=O)C(F)(F)F)c1. The largest absolute Gasteiger partial charge is 0.501 e. The summed E-state index contributed by atoms with van der Waals surface area (Å²) >= 11 is 0. The van der Waals surface area contributed by atoms with Crippen molar-refractivity contribution in [2.75, 3.05) is 12.4 Å². The second kappa shape index (κ2) is 15.5. The number of aryl methyl sites for hydroxylation is 1. The number of halogens is 4. The van der Waals surface area contributed by atoms with Crippen molar-refractivity contribution in [1.82, 2.24) is 10.0 Å². The highest BCUT2D eigenvalue weighted by atomic mass is 32.2. The lowest BCUT2D eigenvalue weighted by molar-refractivity contribution is -0.122. The van der Waals surface area contributed by atoms with Crippen LogP contribution in [-0.4, -0.2) is 58.7 Å². The van der Waals surface area contributed by atoms with Crippen LogP contribution < -0.4 is 24.8 Å². The summed E-state index contributed by atoms with van der Waals surface area (Å²) in [7, 11) is -8.00. The van der Waals surface area contributed by atoms with Crippen LogP contribution in [0.3, 0.4) is 0 Å². The predicted octanol–water partition coefficient (Wildman–Crippen LogP) is 6.03. The number of hydrogen-bond donors (Lipinski definition) is 3. The van der Waals surface area contributed by atoms with Gasteiger partial charge in [-0.3, -0.25) is 9.59 Å². The lowest BCUT2D eigenvalue weighted by atomic mass is 9.83. The van der Waals surface area contributed by atoms with E-state index in [1.165, 1.54) is 19.2 Å². The number of carbonyl (C=O) groups excluding carboxylic acids is 2. The summed E-state index contributed by atoms with van der Waals surface area (Å²) < 4.78 is 119. The number of carbonyl (C=O) groups is 2. The second-order valence-corrected chi connectivity index (χ2v) is 18.2. The molecule has 0 aromatic heterocycles. The maximum Gasteiger partial charge on any atom is 0.501 e. The number of benzene rings is 3. The van der Waals surface area contributed by atoms with Crippen molar-refractivity contribution in [2.45, 2.75) is 86.2 Å². The van der Waals surface area contributed by atoms with Gasteiger partial charge in [-0.25, -0.2) is 25.9 Å². The number of hydrogen-bond acceptors (Lipinski definition) is 8. The summed E-state index contributed by atoms with van der Waals surface area (Å²) in [5.74, 6) is -3.37. The Morgan fingerprint density at radius 3 is 2.22 bits per heavy atom. The number of nitrogens with one attached hydrogen (secondary N) is 3. The van der Waals surface area contributed by atoms with E-state index in [-0.39, 0.29) is 54.0 Å². The zero-order valence-corrected chi connectivity index (χ0v) is 31.1. The van der Waals surface area contributed by atoms with Gasteiger partial charge in [0.05, 0.1) is 34.8 Å². The van der Waals surface area contributed by atoms with Gasteiger partial charge < -0.3 is 20.1 Å². The first-order valence-electron chi connectivity index (χ1n) is 17.6. The molecule has 0 unspecified atom stereocenters. The minimum absolute atomic E-state index is 0.0579. The topological polar surface area (TPSA) is 157 Å². The number of anilines is 1. The van der Waals surface area contributed by atoms with Crippen molar-refractivity contribution < 1.29 is 53.5 Å². The first-order valence-corrected chi connectivity index (χ1v) is 20.6. The Labute approximate surface area is 311 Å². The Balaban J connectivity index is 1.11. The van der Waals surface area contributed by atoms with E-state index < -0.39 is 71.2 Å². The third-order valence-electron chi connectivity index (χ3n) is 10.7. The highest BCUT2D eigenvalue weighted by Gasteiger charge is 2.52. The molecule has 292 valence electrons. The molecule has 0 heterocycles. The van der Waals surface area contributed by atoms with E-state index in [4.69, 9.17) is 9.47 Å². The summed E-state index contributed by atoms with van der Waals surface area (Å²) in [6.45, 7) is 2.11. The van der Waals surface area contributed by atoms with Crippen molar-refractivity contribution >= 4 is 37.4 Å². The Morgan fingerprint density at radius 2 is 1.56 bits per heavy atom. The number of sulfone groups is 1. The summed E-state index contributed by atoms with van der Waals surface area (Å²) in [5, 5.41) is 4.78. The summed E-state index contributed by atoms with van der Waals surface area (Å²) in [5.41, 5.74) is -3.83. The van der Waals surface area contributed by atoms with Crippen LogP contribution in [0.1, 0.15) is 66.4 Å². The Hall–Kier alpha value is -4.22. The Morgan fingerprint density at radius 1 is 0.870 bits per heavy atom. The molecule has 3 fully saturated rings. The number of ether oxygens (including phenoxy) is 2. The number of methoxy groups -OCH3 is 1. The standard InChI is InChI=1S/C37H41F4N3O8S2/c1-21-6-8-22(9-7-21)20-42-54(49,50)27-14-12-26(13-15-27)52-32-18-29(31(51-2)19-30(32)38)35(45)44-34-24-11-10-23(16-24)33(34)36(46)43-25-4-3-5-28(17-25)53(47,48)37(39,40)41/h3-9,17-19,23-24,26-27,33-34,42H,10-16,20H2,1-2H3,(H,43,46)(H,44,45)/t23-,24+,26-,27+,33-,34+/m0/s1. The molecule has 0 aliphatic heterocycles. The van der Waals surface area contributed by atoms with Crippen LogP contribution in [0.2, 0.25) is 0 Å². The number of amides is 2. The van der Waals surface area contributed by atoms with E-state index in [1.54, 1.807) is 0 Å². The molecule has 0 saturated heterocycles. The van der Waals surface area contributed by atoms with Gasteiger partial charge in [0, 0.05) is 24.3 Å². The monoisotopic (exact) mass is 795 g/mol. The zero-order valence-electron chi connectivity index (χ0n) is 29.5. The van der Waals surface area contributed by atoms with Gasteiger partial charge in [0.1, 0.15) is 5.75 Å². The first-order chi connectivity index (χ1) is 25.5. The van der Waals surface area contributed by atoms with Crippen LogP contribution in [0.4, 0.5) is 23.2 Å². The quantitative estimate of drug-likeness (QED) is 0.188. The van der Waals surface area contributed by atoms with Crippen LogP contribution in [0, 0.1) is 30.5 Å². The molecule has 3 saturated carbocycles. The molecule has 6 rings (SSSR count). The minimum Gasteiger partial charge on any atom is -0.496 e. The minimum atomic E-state index is -5.65. The van der Waals surface area contributed by atoms with Gasteiger partial charge in [-0.2, -0.15) is 13.2 Å². The number of alkyl halides is 3. The Bertz CT molecular complexity index is 2110. The molecule has 0 spiro atoms. The van der Waals surface area contributed by atoms with Crippen LogP contribution >= 0.6 is 0 Å². The number of sulfonamides is 1. The normalized spacial score (nSPS) is 24.2. The molecule has 0 radical (unpaired) electrons. The molecule has 3 aliphatic rings. The molecule has 11 nitrogen and oxygen atoms in total. The summed E-state index contributed by atoms with van der Waals surface area (Å²) in [6.07, 6.45) is 2.72. The molecule has 3 aromatic rings. The van der Waals surface area contributed by atoms with Gasteiger partial charge in [-0.1, -0.05) is 35.9 Å². The molecule has 17 heteroatoms. The van der Waals surface area contributed by atoms with Gasteiger partial charge in [-0.15, -0.1) is 0 Å². The highest BCUT2D eigenvalue weighted by Crippen LogP contribution is 2.49. The first kappa shape index (κ1) is 39.5. The number of fused-ring (bicyclic) bond motifs is 2. The maximum absolute atomic E-state index is 15.3. The van der Waals surface area contributed by atoms with Crippen LogP contribution in [0.15, 0.2) is 65.6 Å². The molecule has 4 atom stereocenters. The van der Waals surface area contributed by atoms with Crippen molar-refractivity contribution in [2.24, 2.45) is 17.8 Å². The molecular weight excluding hydrogens is 755 g/mol. The average molecular weight is 796 g/mol. The van der Waals surface area contributed by atoms with Gasteiger partial charge >= 0.3 is 5.51 Å². The van der Waals surface area contributed by atoms with Crippen molar-refractivity contribution in [3.05, 3.63) is 83.2 Å². The van der Waals surface area contributed by atoms with E-state index in [2.05, 4.69) is 15.4 Å². The summed E-state index contributed by atoms with van der Waals surface area (Å²) in [4.78, 5) is 26.3. The van der Waals surface area contributed by atoms with E-state index in [0.29, 0.717) is 32.1 Å². The third kappa shape index (κ3) is 8.37. The molecule has 2 amide bonds. The lowest BCUT2D eigenvalue weighted by Gasteiger charge is -2.31. The Kier molecular flexibility index (Phi) is 11.3. The van der Waals surface area contributed by atoms with E-state index >= 15 is 4.39 Å². The molecule has 2 bridgehead atoms. The average Bonchev–Trinajstić information content (AvgIpc) is 3.74. The van der Waals surface area contributed by atoms with E-state index in [1.807, 2.05) is 31.2 Å². The predicted molar refractivity (Wildman–Crippen MR) is 190 cm³/mol. The van der Waals surface area contributed by atoms with Gasteiger partial charge in [-0.05, 0) is 93.5 Å². The second-order valence-electron chi connectivity index (χ2n) is 14.2. The van der Waals surface area contributed by atoms with E-state index in [9.17, 15) is 39.6 Å². The third-order valence-corrected chi connectivity index (χ3v) is 14.1. The highest BCUT2D eigenvalue weighted by molar-refractivity contribution is 7.92. The van der Waals surface area contributed by atoms with Crippen LogP contribution in [0.5, 0.6) is 11.5 Å². The molecule has 3 aromatic carbocycles. The number of rotatable bonds is 12. The fourth-order valence-corrected chi connectivity index (χ4v) is 10.1. The van der Waals surface area contributed by atoms with Crippen molar-refractivity contribution in [1.29, 1.82) is 0 Å². The molecular formula is C37H41F4N3O8S2. The molecule has 3 N–H and O–H groups in total. The van der Waals surface area contributed by atoms with Gasteiger partial charge in [0.25, 0.3) is 15.7 Å². The van der Waals surface area contributed by atoms with Crippen LogP contribution in [-0.2, 0) is 31.2 Å². The molecule has 54 heavy (non-hydrogen) atoms. The summed E-state index contributed by atoms with van der Waals surface area (Å²) in [6, 6.07) is 13.0. The van der Waals surface area contributed by atoms with Crippen LogP contribution in [0.25, 0.3) is 0 Å². The fraction of sp³-hybridized carbons (Fsp3) is 0.459. The fourth-order valence-electron chi connectivity index (χ4n) is 7.83. The van der Waals surface area contributed by atoms with Gasteiger partial charge in [0.15, 0.2) is 11.6 Å². The van der Waals surface area contributed by atoms with E-state index in [0.717, 1.165) is 35.4 Å². The van der Waals surface area contributed by atoms with Gasteiger partial charge in [0.2, 0.25) is 15.9 Å².